The maximum absolute atomic E-state index is 13.0. The summed E-state index contributed by atoms with van der Waals surface area (Å²) in [5, 5.41) is 14.2. The molecule has 0 saturated carbocycles. The SMILES string of the molecule is COCCN1C[C@H]2[C@@H](C1)N(C(=O)c1ccc(C)nc1)CC[C@H]2OC.O=C(O)C(F)(F)F.O=C(O)C(F)(F)F. The number of aromatic nitrogens is 1. The average molecular weight is 561 g/mol. The summed E-state index contributed by atoms with van der Waals surface area (Å²) in [4.78, 5) is 39.4. The van der Waals surface area contributed by atoms with Crippen molar-refractivity contribution < 1.29 is 60.4 Å². The number of aryl methyl sites for hydroxylation is 1. The molecule has 1 aromatic rings. The number of carboxylic acids is 2. The largest absolute Gasteiger partial charge is 0.490 e. The van der Waals surface area contributed by atoms with E-state index in [9.17, 15) is 31.1 Å². The van der Waals surface area contributed by atoms with Crippen molar-refractivity contribution in [1.29, 1.82) is 0 Å². The second-order valence-corrected chi connectivity index (χ2v) is 8.34. The summed E-state index contributed by atoms with van der Waals surface area (Å²) in [5.41, 5.74) is 1.60. The predicted octanol–water partition coefficient (Wildman–Crippen LogP) is 2.46. The van der Waals surface area contributed by atoms with Gasteiger partial charge in [0.25, 0.3) is 5.91 Å². The number of aliphatic carboxylic acids is 2. The zero-order chi connectivity index (χ0) is 29.3. The van der Waals surface area contributed by atoms with Crippen LogP contribution in [0.15, 0.2) is 18.3 Å². The van der Waals surface area contributed by atoms with Crippen LogP contribution in [-0.2, 0) is 19.1 Å². The molecule has 38 heavy (non-hydrogen) atoms. The van der Waals surface area contributed by atoms with Gasteiger partial charge in [-0.3, -0.25) is 14.7 Å². The summed E-state index contributed by atoms with van der Waals surface area (Å²) in [6.45, 7) is 6.13. The number of likely N-dealkylation sites (tertiary alicyclic amines) is 2. The van der Waals surface area contributed by atoms with Gasteiger partial charge in [0.15, 0.2) is 0 Å². The number of hydrogen-bond donors (Lipinski definition) is 2. The Morgan fingerprint density at radius 2 is 1.58 bits per heavy atom. The lowest BCUT2D eigenvalue weighted by Crippen LogP contribution is -2.53. The molecule has 16 heteroatoms. The Morgan fingerprint density at radius 1 is 1.03 bits per heavy atom. The quantitative estimate of drug-likeness (QED) is 0.521. The molecule has 0 unspecified atom stereocenters. The van der Waals surface area contributed by atoms with Crippen molar-refractivity contribution in [3.05, 3.63) is 29.6 Å². The summed E-state index contributed by atoms with van der Waals surface area (Å²) in [6.07, 6.45) is -7.36. The van der Waals surface area contributed by atoms with Gasteiger partial charge in [0.2, 0.25) is 0 Å². The Kier molecular flexibility index (Phi) is 12.4. The van der Waals surface area contributed by atoms with Crippen molar-refractivity contribution >= 4 is 17.8 Å². The molecule has 0 spiro atoms. The number of ether oxygens (including phenoxy) is 2. The Morgan fingerprint density at radius 3 is 2.00 bits per heavy atom. The van der Waals surface area contributed by atoms with Crippen LogP contribution in [0.3, 0.4) is 0 Å². The standard InChI is InChI=1S/C18H27N3O3.2C2HF3O2/c1-13-4-5-14(10-19-13)18(22)21-7-6-17(24-3)15-11-20(8-9-23-2)12-16(15)21;2*3-2(4,5)1(6)7/h4-5,10,15-17H,6-9,11-12H2,1-3H3;2*(H,6,7)/t15-,16+,17+;;/m0../s1. The monoisotopic (exact) mass is 561 g/mol. The van der Waals surface area contributed by atoms with Crippen LogP contribution in [0.5, 0.6) is 0 Å². The molecule has 3 rings (SSSR count). The first-order valence-corrected chi connectivity index (χ1v) is 11.1. The van der Waals surface area contributed by atoms with Gasteiger partial charge in [-0.2, -0.15) is 26.3 Å². The maximum atomic E-state index is 13.0. The van der Waals surface area contributed by atoms with E-state index in [0.717, 1.165) is 38.3 Å². The van der Waals surface area contributed by atoms with E-state index in [4.69, 9.17) is 29.3 Å². The van der Waals surface area contributed by atoms with Crippen molar-refractivity contribution in [2.45, 2.75) is 37.8 Å². The molecule has 3 heterocycles. The number of fused-ring (bicyclic) bond motifs is 1. The number of piperidine rings is 1. The summed E-state index contributed by atoms with van der Waals surface area (Å²) in [7, 11) is 3.50. The van der Waals surface area contributed by atoms with Crippen LogP contribution in [0.4, 0.5) is 26.3 Å². The molecule has 2 fully saturated rings. The third kappa shape index (κ3) is 10.1. The van der Waals surface area contributed by atoms with Gasteiger partial charge in [-0.15, -0.1) is 0 Å². The van der Waals surface area contributed by atoms with Gasteiger partial charge < -0.3 is 24.6 Å². The Hall–Kier alpha value is -2.98. The van der Waals surface area contributed by atoms with Crippen molar-refractivity contribution in [3.8, 4) is 0 Å². The minimum atomic E-state index is -5.08. The second-order valence-electron chi connectivity index (χ2n) is 8.34. The number of rotatable bonds is 5. The van der Waals surface area contributed by atoms with Gasteiger partial charge in [-0.05, 0) is 25.5 Å². The predicted molar refractivity (Wildman–Crippen MR) is 118 cm³/mol. The Balaban J connectivity index is 0.000000426. The second kappa shape index (κ2) is 14.2. The van der Waals surface area contributed by atoms with Gasteiger partial charge >= 0.3 is 24.3 Å². The summed E-state index contributed by atoms with van der Waals surface area (Å²) >= 11 is 0. The van der Waals surface area contributed by atoms with Crippen molar-refractivity contribution in [1.82, 2.24) is 14.8 Å². The fourth-order valence-electron chi connectivity index (χ4n) is 3.94. The van der Waals surface area contributed by atoms with Gasteiger partial charge in [0.1, 0.15) is 0 Å². The highest BCUT2D eigenvalue weighted by molar-refractivity contribution is 5.94. The van der Waals surface area contributed by atoms with Crippen LogP contribution in [0.1, 0.15) is 22.5 Å². The number of nitrogens with zero attached hydrogens (tertiary/aromatic N) is 3. The fourth-order valence-corrected chi connectivity index (χ4v) is 3.94. The molecule has 0 radical (unpaired) electrons. The number of hydrogen-bond acceptors (Lipinski definition) is 7. The molecule has 10 nitrogen and oxygen atoms in total. The number of carbonyl (C=O) groups excluding carboxylic acids is 1. The van der Waals surface area contributed by atoms with E-state index in [-0.39, 0.29) is 18.1 Å². The van der Waals surface area contributed by atoms with E-state index in [0.29, 0.717) is 18.1 Å². The van der Waals surface area contributed by atoms with Crippen molar-refractivity contribution in [2.75, 3.05) is 47.0 Å². The zero-order valence-electron chi connectivity index (χ0n) is 20.8. The van der Waals surface area contributed by atoms with E-state index >= 15 is 0 Å². The van der Waals surface area contributed by atoms with Gasteiger partial charge in [0, 0.05) is 58.2 Å². The van der Waals surface area contributed by atoms with Gasteiger partial charge in [-0.25, -0.2) is 9.59 Å². The molecule has 2 aliphatic heterocycles. The molecule has 1 amide bonds. The van der Waals surface area contributed by atoms with E-state index in [1.54, 1.807) is 20.4 Å². The topological polar surface area (TPSA) is 130 Å². The lowest BCUT2D eigenvalue weighted by atomic mass is 9.88. The van der Waals surface area contributed by atoms with Gasteiger partial charge in [-0.1, -0.05) is 0 Å². The van der Waals surface area contributed by atoms with E-state index in [1.807, 2.05) is 24.0 Å². The third-order valence-corrected chi connectivity index (χ3v) is 5.76. The van der Waals surface area contributed by atoms with Crippen LogP contribution >= 0.6 is 0 Å². The minimum absolute atomic E-state index is 0.0839. The molecule has 2 N–H and O–H groups in total. The number of carbonyl (C=O) groups is 3. The Bertz CT molecular complexity index is 903. The van der Waals surface area contributed by atoms with E-state index < -0.39 is 24.3 Å². The number of pyridine rings is 1. The first kappa shape index (κ1) is 33.0. The highest BCUT2D eigenvalue weighted by atomic mass is 19.4. The maximum Gasteiger partial charge on any atom is 0.490 e. The van der Waals surface area contributed by atoms with Crippen LogP contribution in [-0.4, -0.2) is 114 Å². The first-order chi connectivity index (χ1) is 17.5. The zero-order valence-corrected chi connectivity index (χ0v) is 20.8. The Labute approximate surface area is 214 Å². The highest BCUT2D eigenvalue weighted by Gasteiger charge is 2.46. The van der Waals surface area contributed by atoms with Crippen LogP contribution < -0.4 is 0 Å². The smallest absolute Gasteiger partial charge is 0.475 e. The van der Waals surface area contributed by atoms with Crippen molar-refractivity contribution in [3.63, 3.8) is 0 Å². The molecule has 216 valence electrons. The number of carboxylic acid groups (broad SMARTS) is 2. The molecule has 1 aromatic heterocycles. The molecule has 2 saturated heterocycles. The normalized spacial score (nSPS) is 21.4. The van der Waals surface area contributed by atoms with E-state index in [2.05, 4.69) is 9.88 Å². The van der Waals surface area contributed by atoms with Crippen LogP contribution in [0.2, 0.25) is 0 Å². The number of halogens is 6. The molecular weight excluding hydrogens is 532 g/mol. The fraction of sp³-hybridized carbons (Fsp3) is 0.636. The molecule has 0 aromatic carbocycles. The number of alkyl halides is 6. The lowest BCUT2D eigenvalue weighted by Gasteiger charge is -2.41. The lowest BCUT2D eigenvalue weighted by molar-refractivity contribution is -0.193. The summed E-state index contributed by atoms with van der Waals surface area (Å²) in [6, 6.07) is 3.97. The van der Waals surface area contributed by atoms with Gasteiger partial charge in [0.05, 0.1) is 24.3 Å². The molecule has 3 atom stereocenters. The molecule has 2 aliphatic rings. The summed E-state index contributed by atoms with van der Waals surface area (Å²) in [5.74, 6) is -5.07. The number of methoxy groups -OCH3 is 2. The first-order valence-electron chi connectivity index (χ1n) is 11.1. The average Bonchev–Trinajstić information content (AvgIpc) is 3.26. The van der Waals surface area contributed by atoms with Crippen LogP contribution in [0.25, 0.3) is 0 Å². The molecule has 0 bridgehead atoms. The molecule has 0 aliphatic carbocycles. The highest BCUT2D eigenvalue weighted by Crippen LogP contribution is 2.33. The number of amides is 1. The third-order valence-electron chi connectivity index (χ3n) is 5.76. The molecular formula is C22H29F6N3O7. The van der Waals surface area contributed by atoms with E-state index in [1.165, 1.54) is 0 Å². The minimum Gasteiger partial charge on any atom is -0.475 e. The summed E-state index contributed by atoms with van der Waals surface area (Å²) < 4.78 is 74.4. The van der Waals surface area contributed by atoms with Crippen molar-refractivity contribution in [2.24, 2.45) is 5.92 Å². The van der Waals surface area contributed by atoms with Crippen LogP contribution in [0, 0.1) is 12.8 Å².